The van der Waals surface area contributed by atoms with E-state index in [0.29, 0.717) is 11.1 Å². The Kier molecular flexibility index (Phi) is 20.1. The lowest BCUT2D eigenvalue weighted by atomic mass is 9.98. The van der Waals surface area contributed by atoms with E-state index in [1.54, 1.807) is 0 Å². The van der Waals surface area contributed by atoms with Crippen molar-refractivity contribution in [3.05, 3.63) is 113 Å². The molecule has 30 heteroatoms. The molecule has 0 spiro atoms. The first-order valence-corrected chi connectivity index (χ1v) is 26.9. The average Bonchev–Trinajstić information content (AvgIpc) is 1.05. The zero-order valence-corrected chi connectivity index (χ0v) is 45.5. The number of rotatable bonds is 18. The van der Waals surface area contributed by atoms with E-state index >= 15 is 0 Å². The maximum absolute atomic E-state index is 12.6. The van der Waals surface area contributed by atoms with Gasteiger partial charge in [0.25, 0.3) is 11.9 Å². The molecule has 5 aliphatic heterocycles. The largest absolute Gasteiger partial charge is 0.571 e. The highest BCUT2D eigenvalue weighted by molar-refractivity contribution is 5.87. The van der Waals surface area contributed by atoms with Gasteiger partial charge in [-0.25, -0.2) is 9.59 Å². The number of esters is 2. The van der Waals surface area contributed by atoms with Crippen LogP contribution in [0.3, 0.4) is 0 Å². The summed E-state index contributed by atoms with van der Waals surface area (Å²) in [5.74, 6) is -6.06. The topological polar surface area (TPSA) is 483 Å². The van der Waals surface area contributed by atoms with E-state index in [-0.39, 0.29) is 34.1 Å². The van der Waals surface area contributed by atoms with E-state index in [1.807, 2.05) is 0 Å². The third kappa shape index (κ3) is 14.6. The monoisotopic (exact) mass is 1230 g/mol. The van der Waals surface area contributed by atoms with Gasteiger partial charge in [-0.15, -0.1) is 0 Å². The van der Waals surface area contributed by atoms with Crippen LogP contribution in [0.15, 0.2) is 90.7 Å². The second kappa shape index (κ2) is 27.3. The summed E-state index contributed by atoms with van der Waals surface area (Å²) in [6, 6.07) is 15.7. The smallest absolute Gasteiger partial charge is 0.330 e. The number of aliphatic hydroxyl groups excluding tert-OH is 12. The van der Waals surface area contributed by atoms with Gasteiger partial charge in [-0.1, -0.05) is 24.3 Å². The first-order chi connectivity index (χ1) is 41.3. The van der Waals surface area contributed by atoms with Crippen molar-refractivity contribution in [3.63, 3.8) is 0 Å². The van der Waals surface area contributed by atoms with Gasteiger partial charge in [0, 0.05) is 24.3 Å². The lowest BCUT2D eigenvalue weighted by Crippen LogP contribution is -2.61. The zero-order valence-electron chi connectivity index (χ0n) is 45.5. The quantitative estimate of drug-likeness (QED) is 0.0206. The number of phenols is 5. The van der Waals surface area contributed by atoms with Crippen molar-refractivity contribution in [1.29, 1.82) is 0 Å². The number of carbonyl (C=O) groups excluding carboxylic acids is 2. The Balaban J connectivity index is 0.978. The van der Waals surface area contributed by atoms with Crippen LogP contribution < -0.4 is 9.47 Å². The molecule has 0 amide bonds. The molecule has 0 aromatic heterocycles. The number of benzene rings is 4. The number of hydrogen-bond acceptors (Lipinski definition) is 29. The van der Waals surface area contributed by atoms with Crippen molar-refractivity contribution in [2.24, 2.45) is 0 Å². The van der Waals surface area contributed by atoms with Gasteiger partial charge in [0.1, 0.15) is 133 Å². The Hall–Kier alpha value is -7.44. The number of fused-ring (bicyclic) bond motifs is 1. The summed E-state index contributed by atoms with van der Waals surface area (Å²) in [7, 11) is 0. The van der Waals surface area contributed by atoms with Crippen molar-refractivity contribution in [2.75, 3.05) is 19.8 Å². The first-order valence-electron chi connectivity index (χ1n) is 26.9. The lowest BCUT2D eigenvalue weighted by Gasteiger charge is -2.42. The Bertz CT molecular complexity index is 3120. The number of carbonyl (C=O) groups is 2. The van der Waals surface area contributed by atoms with Crippen LogP contribution in [0.25, 0.3) is 18.2 Å². The molecule has 472 valence electrons. The van der Waals surface area contributed by atoms with Crippen LogP contribution in [0.2, 0.25) is 0 Å². The van der Waals surface area contributed by atoms with Crippen molar-refractivity contribution in [2.45, 2.75) is 136 Å². The molecule has 0 radical (unpaired) electrons. The fourth-order valence-corrected chi connectivity index (χ4v) is 9.66. The third-order valence-corrected chi connectivity index (χ3v) is 14.7. The Morgan fingerprint density at radius 2 is 0.954 bits per heavy atom. The molecular formula is C57H65O30+. The van der Waals surface area contributed by atoms with Gasteiger partial charge in [0.2, 0.25) is 24.6 Å². The lowest BCUT2D eigenvalue weighted by molar-refractivity contribution is -0.325. The molecule has 21 atom stereocenters. The highest BCUT2D eigenvalue weighted by atomic mass is 16.7. The van der Waals surface area contributed by atoms with E-state index in [4.69, 9.17) is 47.4 Å². The van der Waals surface area contributed by atoms with E-state index in [9.17, 15) is 96.4 Å². The molecule has 5 aliphatic rings. The minimum Gasteiger partial charge on any atom is -0.571 e. The molecule has 18 N–H and O–H groups in total. The summed E-state index contributed by atoms with van der Waals surface area (Å²) in [6.07, 6.45) is -31.7. The van der Waals surface area contributed by atoms with Crippen molar-refractivity contribution in [3.8, 4) is 46.0 Å². The molecule has 4 aromatic rings. The van der Waals surface area contributed by atoms with Crippen molar-refractivity contribution >= 4 is 30.2 Å². The second-order valence-electron chi connectivity index (χ2n) is 20.9. The maximum atomic E-state index is 12.6. The molecule has 0 aliphatic carbocycles. The fraction of sp³-hybridized carbons (Fsp3) is 0.439. The standard InChI is InChI=1S/C57H64O30/c1-22-40(64)45(69)49(73)54(80-22)79-21-37-44(68)48(72)52(76)57(87-37)84-34-18-29-30(60)16-28(81-55-50(74)46(70)42(66)35(85-55)19-77-38(62)12-6-23-2-8-26(58)9-3-23)17-32(29)82-53(34)25-14-31(61)41(65)33(15-25)83-56-51(75)47(71)43(67)36(86-56)20-78-39(63)13-7-24-4-10-27(59)11-5-24/h2-18,22,35-37,40,42-61,64-76H,19-21H2,1H3/p+1/b12-6+,13-7+/t22-,35-,36+,37-,40-,42+,43+,44+,45+,46-,47-,48-,49-,50+,51-,52+,53?,54+,55+,56+,57+/m0/s1. The summed E-state index contributed by atoms with van der Waals surface area (Å²) in [6.45, 7) is -0.727. The van der Waals surface area contributed by atoms with Crippen molar-refractivity contribution < 1.29 is 149 Å². The molecule has 1 unspecified atom stereocenters. The predicted octanol–water partition coefficient (Wildman–Crippen LogP) is -2.89. The molecular weight excluding hydrogens is 1160 g/mol. The number of ether oxygens (including phenoxy) is 11. The Labute approximate surface area is 492 Å². The van der Waals surface area contributed by atoms with E-state index in [1.165, 1.54) is 73.7 Å². The second-order valence-corrected chi connectivity index (χ2v) is 20.9. The number of aromatic hydroxyl groups is 6. The van der Waals surface area contributed by atoms with Gasteiger partial charge in [-0.3, -0.25) is 0 Å². The zero-order chi connectivity index (χ0) is 62.7. The number of aliphatic hydroxyl groups is 13. The van der Waals surface area contributed by atoms with Gasteiger partial charge < -0.3 is 139 Å². The maximum Gasteiger partial charge on any atom is 0.330 e. The van der Waals surface area contributed by atoms with Crippen LogP contribution >= 0.6 is 0 Å². The fourth-order valence-electron chi connectivity index (χ4n) is 9.66. The Morgan fingerprint density at radius 1 is 0.494 bits per heavy atom. The predicted molar refractivity (Wildman–Crippen MR) is 287 cm³/mol. The van der Waals surface area contributed by atoms with E-state index < -0.39 is 189 Å². The summed E-state index contributed by atoms with van der Waals surface area (Å²) in [5, 5.41) is 183. The average molecular weight is 1230 g/mol. The minimum atomic E-state index is -2.09. The van der Waals surface area contributed by atoms with Gasteiger partial charge in [-0.05, 0) is 66.6 Å². The van der Waals surface area contributed by atoms with Crippen molar-refractivity contribution in [1.82, 2.24) is 0 Å². The van der Waals surface area contributed by atoms with Crippen LogP contribution in [-0.2, 0) is 47.5 Å². The van der Waals surface area contributed by atoms with E-state index in [2.05, 4.69) is 4.74 Å². The van der Waals surface area contributed by atoms with Crippen LogP contribution in [-0.4, -0.2) is 246 Å². The number of hydrogen-bond donors (Lipinski definition) is 17. The molecule has 4 aromatic carbocycles. The van der Waals surface area contributed by atoms with Gasteiger partial charge in [0.15, 0.2) is 23.5 Å². The molecule has 30 nitrogen and oxygen atoms in total. The van der Waals surface area contributed by atoms with Gasteiger partial charge in [0.05, 0.1) is 24.3 Å². The summed E-state index contributed by atoms with van der Waals surface area (Å²) < 4.78 is 61.4. The summed E-state index contributed by atoms with van der Waals surface area (Å²) in [4.78, 5) is 25.2. The van der Waals surface area contributed by atoms with Gasteiger partial charge >= 0.3 is 11.9 Å². The normalized spacial score (nSPS) is 34.3. The highest BCUT2D eigenvalue weighted by Crippen LogP contribution is 2.49. The molecule has 0 bridgehead atoms. The van der Waals surface area contributed by atoms with Crippen LogP contribution in [0, 0.1) is 0 Å². The van der Waals surface area contributed by atoms with E-state index in [0.717, 1.165) is 36.4 Å². The minimum absolute atomic E-state index is 0.00671. The molecule has 0 saturated carbocycles. The SMILES string of the molecule is C[C@@H]1O[C@@H](OC[C@@H]2O[C@@H](OC3=Cc4c(O)cc(O[C@@H]5O[C@@H](COC(=O)/C=C/c6ccc(O)cc6)[C@@H](O)[C@H](O)[C@H]5O)cc4[OH+]C3c3cc(O)c(O)c(O[C@@H]4O[C@H](COC(=O)/C=C/c5ccc(O)cc5)[C@@H](O)[C@H](O)[C@@H]4O)c3)[C@H](O)[C@@H](O)[C@@H]2O)[C@@H](O)[C@H](O)[C@H]1O. The Morgan fingerprint density at radius 3 is 1.47 bits per heavy atom. The van der Waals surface area contributed by atoms with Crippen LogP contribution in [0.1, 0.15) is 35.3 Å². The molecule has 9 rings (SSSR count). The first kappa shape index (κ1) is 64.0. The number of phenolic OH excluding ortho intramolecular Hbond substituents is 5. The summed E-state index contributed by atoms with van der Waals surface area (Å²) >= 11 is 0. The third-order valence-electron chi connectivity index (χ3n) is 14.7. The van der Waals surface area contributed by atoms with Crippen LogP contribution in [0.4, 0.5) is 0 Å². The molecule has 4 saturated heterocycles. The van der Waals surface area contributed by atoms with Crippen LogP contribution in [0.5, 0.6) is 46.0 Å². The highest BCUT2D eigenvalue weighted by Gasteiger charge is 2.51. The summed E-state index contributed by atoms with van der Waals surface area (Å²) in [5.41, 5.74) is 0.660. The molecule has 87 heavy (non-hydrogen) atoms. The van der Waals surface area contributed by atoms with Gasteiger partial charge in [-0.2, -0.15) is 0 Å². The molecule has 4 fully saturated rings. The molecule has 5 heterocycles.